The van der Waals surface area contributed by atoms with Crippen molar-refractivity contribution >= 4 is 16.8 Å². The highest BCUT2D eigenvalue weighted by Crippen LogP contribution is 2.21. The van der Waals surface area contributed by atoms with Crippen LogP contribution in [0.1, 0.15) is 48.0 Å². The Bertz CT molecular complexity index is 596. The predicted octanol–water partition coefficient (Wildman–Crippen LogP) is 2.93. The van der Waals surface area contributed by atoms with Crippen LogP contribution in [0, 0.1) is 6.92 Å². The number of H-pyrrole nitrogens is 1. The Morgan fingerprint density at radius 3 is 2.89 bits per heavy atom. The molecule has 1 aromatic carbocycles. The van der Waals surface area contributed by atoms with Crippen molar-refractivity contribution in [1.29, 1.82) is 0 Å². The summed E-state index contributed by atoms with van der Waals surface area (Å²) >= 11 is 0. The normalized spacial score (nSPS) is 16.7. The molecule has 4 nitrogen and oxygen atoms in total. The number of hydrogen-bond donors (Lipinski definition) is 2. The molecule has 1 aromatic heterocycles. The standard InChI is InChI=1S/C15H19N3O/c1-10-12(7-8-14-13(10)9-16-18-14)15(19)17-11-5-3-2-4-6-11/h7-9,11H,2-6H2,1H3,(H,16,18)(H,17,19). The van der Waals surface area contributed by atoms with E-state index in [1.165, 1.54) is 19.3 Å². The van der Waals surface area contributed by atoms with Crippen LogP contribution in [0.2, 0.25) is 0 Å². The van der Waals surface area contributed by atoms with Crippen LogP contribution in [0.4, 0.5) is 0 Å². The molecule has 2 aromatic rings. The fraction of sp³-hybridized carbons (Fsp3) is 0.467. The molecule has 0 bridgehead atoms. The molecule has 0 saturated heterocycles. The van der Waals surface area contributed by atoms with E-state index in [4.69, 9.17) is 0 Å². The SMILES string of the molecule is Cc1c(C(=O)NC2CCCCC2)ccc2[nH]ncc12. The van der Waals surface area contributed by atoms with E-state index in [-0.39, 0.29) is 5.91 Å². The molecule has 3 rings (SSSR count). The zero-order chi connectivity index (χ0) is 13.2. The van der Waals surface area contributed by atoms with Crippen molar-refractivity contribution in [3.05, 3.63) is 29.5 Å². The topological polar surface area (TPSA) is 57.8 Å². The third kappa shape index (κ3) is 2.35. The lowest BCUT2D eigenvalue weighted by Gasteiger charge is -2.23. The molecule has 0 spiro atoms. The summed E-state index contributed by atoms with van der Waals surface area (Å²) < 4.78 is 0. The summed E-state index contributed by atoms with van der Waals surface area (Å²) in [4.78, 5) is 12.4. The fourth-order valence-electron chi connectivity index (χ4n) is 2.91. The van der Waals surface area contributed by atoms with Crippen LogP contribution in [0.15, 0.2) is 18.3 Å². The van der Waals surface area contributed by atoms with Gasteiger partial charge in [0, 0.05) is 17.0 Å². The number of nitrogens with zero attached hydrogens (tertiary/aromatic N) is 1. The van der Waals surface area contributed by atoms with Crippen LogP contribution in [-0.2, 0) is 0 Å². The lowest BCUT2D eigenvalue weighted by molar-refractivity contribution is 0.0927. The number of rotatable bonds is 2. The van der Waals surface area contributed by atoms with E-state index >= 15 is 0 Å². The average Bonchev–Trinajstić information content (AvgIpc) is 2.89. The summed E-state index contributed by atoms with van der Waals surface area (Å²) in [6.07, 6.45) is 7.75. The van der Waals surface area contributed by atoms with Gasteiger partial charge in [0.25, 0.3) is 5.91 Å². The molecule has 1 aliphatic rings. The minimum atomic E-state index is 0.0486. The molecule has 1 saturated carbocycles. The Hall–Kier alpha value is -1.84. The Labute approximate surface area is 112 Å². The van der Waals surface area contributed by atoms with E-state index in [2.05, 4.69) is 15.5 Å². The van der Waals surface area contributed by atoms with Crippen molar-refractivity contribution in [2.75, 3.05) is 0 Å². The number of fused-ring (bicyclic) bond motifs is 1. The molecule has 1 heterocycles. The zero-order valence-corrected chi connectivity index (χ0v) is 11.2. The Morgan fingerprint density at radius 2 is 2.11 bits per heavy atom. The van der Waals surface area contributed by atoms with Crippen LogP contribution in [-0.4, -0.2) is 22.1 Å². The molecule has 19 heavy (non-hydrogen) atoms. The summed E-state index contributed by atoms with van der Waals surface area (Å²) in [6, 6.07) is 4.15. The van der Waals surface area contributed by atoms with Crippen molar-refractivity contribution in [2.45, 2.75) is 45.1 Å². The molecule has 100 valence electrons. The highest BCUT2D eigenvalue weighted by Gasteiger charge is 2.18. The molecule has 1 aliphatic carbocycles. The second-order valence-corrected chi connectivity index (χ2v) is 5.38. The molecule has 0 atom stereocenters. The van der Waals surface area contributed by atoms with Gasteiger partial charge in [-0.1, -0.05) is 19.3 Å². The lowest BCUT2D eigenvalue weighted by atomic mass is 9.95. The van der Waals surface area contributed by atoms with E-state index in [9.17, 15) is 4.79 Å². The molecule has 2 N–H and O–H groups in total. The first-order valence-corrected chi connectivity index (χ1v) is 6.99. The number of carbonyl (C=O) groups is 1. The highest BCUT2D eigenvalue weighted by atomic mass is 16.1. The molecular formula is C15H19N3O. The molecule has 0 unspecified atom stereocenters. The van der Waals surface area contributed by atoms with Crippen molar-refractivity contribution in [3.63, 3.8) is 0 Å². The predicted molar refractivity (Wildman–Crippen MR) is 75.2 cm³/mol. The number of aryl methyl sites for hydroxylation is 1. The van der Waals surface area contributed by atoms with Crippen LogP contribution in [0.25, 0.3) is 10.9 Å². The molecule has 1 amide bonds. The fourth-order valence-corrected chi connectivity index (χ4v) is 2.91. The number of carbonyl (C=O) groups excluding carboxylic acids is 1. The Kier molecular flexibility index (Phi) is 3.23. The van der Waals surface area contributed by atoms with Gasteiger partial charge >= 0.3 is 0 Å². The minimum absolute atomic E-state index is 0.0486. The van der Waals surface area contributed by atoms with E-state index in [1.54, 1.807) is 6.20 Å². The summed E-state index contributed by atoms with van der Waals surface area (Å²) in [5.41, 5.74) is 2.74. The Morgan fingerprint density at radius 1 is 1.32 bits per heavy atom. The molecule has 0 aliphatic heterocycles. The van der Waals surface area contributed by atoms with E-state index in [0.717, 1.165) is 34.9 Å². The van der Waals surface area contributed by atoms with Gasteiger partial charge < -0.3 is 5.32 Å². The third-order valence-electron chi connectivity index (χ3n) is 4.08. The van der Waals surface area contributed by atoms with Crippen LogP contribution >= 0.6 is 0 Å². The third-order valence-corrected chi connectivity index (χ3v) is 4.08. The second kappa shape index (κ2) is 5.03. The smallest absolute Gasteiger partial charge is 0.251 e. The maximum absolute atomic E-state index is 12.4. The van der Waals surface area contributed by atoms with Gasteiger partial charge in [-0.05, 0) is 37.5 Å². The van der Waals surface area contributed by atoms with Crippen LogP contribution < -0.4 is 5.32 Å². The zero-order valence-electron chi connectivity index (χ0n) is 11.2. The number of benzene rings is 1. The summed E-state index contributed by atoms with van der Waals surface area (Å²) in [6.45, 7) is 1.98. The van der Waals surface area contributed by atoms with Gasteiger partial charge in [-0.3, -0.25) is 9.89 Å². The highest BCUT2D eigenvalue weighted by molar-refractivity contribution is 6.00. The first kappa shape index (κ1) is 12.2. The van der Waals surface area contributed by atoms with Gasteiger partial charge in [-0.15, -0.1) is 0 Å². The quantitative estimate of drug-likeness (QED) is 0.869. The molecule has 1 fully saturated rings. The van der Waals surface area contributed by atoms with Gasteiger partial charge in [0.1, 0.15) is 0 Å². The first-order valence-electron chi connectivity index (χ1n) is 6.99. The van der Waals surface area contributed by atoms with Crippen LogP contribution in [0.3, 0.4) is 0 Å². The van der Waals surface area contributed by atoms with E-state index in [1.807, 2.05) is 19.1 Å². The van der Waals surface area contributed by atoms with E-state index in [0.29, 0.717) is 6.04 Å². The van der Waals surface area contributed by atoms with Gasteiger partial charge in [0.2, 0.25) is 0 Å². The maximum atomic E-state index is 12.4. The van der Waals surface area contributed by atoms with Crippen molar-refractivity contribution < 1.29 is 4.79 Å². The first-order chi connectivity index (χ1) is 9.25. The van der Waals surface area contributed by atoms with Gasteiger partial charge in [-0.25, -0.2) is 0 Å². The number of aromatic amines is 1. The molecule has 0 radical (unpaired) electrons. The van der Waals surface area contributed by atoms with Crippen LogP contribution in [0.5, 0.6) is 0 Å². The van der Waals surface area contributed by atoms with Gasteiger partial charge in [-0.2, -0.15) is 5.10 Å². The van der Waals surface area contributed by atoms with Crippen molar-refractivity contribution in [3.8, 4) is 0 Å². The summed E-state index contributed by atoms with van der Waals surface area (Å²) in [5, 5.41) is 11.1. The van der Waals surface area contributed by atoms with E-state index < -0.39 is 0 Å². The Balaban J connectivity index is 1.82. The maximum Gasteiger partial charge on any atom is 0.251 e. The summed E-state index contributed by atoms with van der Waals surface area (Å²) in [5.74, 6) is 0.0486. The number of aromatic nitrogens is 2. The molecular weight excluding hydrogens is 238 g/mol. The second-order valence-electron chi connectivity index (χ2n) is 5.38. The number of hydrogen-bond acceptors (Lipinski definition) is 2. The number of amides is 1. The van der Waals surface area contributed by atoms with Crippen molar-refractivity contribution in [1.82, 2.24) is 15.5 Å². The number of nitrogens with one attached hydrogen (secondary N) is 2. The molecule has 4 heteroatoms. The minimum Gasteiger partial charge on any atom is -0.349 e. The lowest BCUT2D eigenvalue weighted by Crippen LogP contribution is -2.36. The van der Waals surface area contributed by atoms with Crippen molar-refractivity contribution in [2.24, 2.45) is 0 Å². The largest absolute Gasteiger partial charge is 0.349 e. The average molecular weight is 257 g/mol. The summed E-state index contributed by atoms with van der Waals surface area (Å²) in [7, 11) is 0. The van der Waals surface area contributed by atoms with Gasteiger partial charge in [0.15, 0.2) is 0 Å². The monoisotopic (exact) mass is 257 g/mol. The van der Waals surface area contributed by atoms with Gasteiger partial charge in [0.05, 0.1) is 11.7 Å².